The van der Waals surface area contributed by atoms with Crippen LogP contribution in [0.5, 0.6) is 5.75 Å². The van der Waals surface area contributed by atoms with E-state index in [-0.39, 0.29) is 18.6 Å². The number of hydrogen-bond acceptors (Lipinski definition) is 6. The number of hydrogen-bond donors (Lipinski definition) is 0. The molecule has 1 atom stereocenters. The Balaban J connectivity index is 1.60. The Bertz CT molecular complexity index is 916. The molecule has 0 aliphatic carbocycles. The molecule has 8 nitrogen and oxygen atoms in total. The molecule has 2 aliphatic heterocycles. The minimum Gasteiger partial charge on any atom is -0.497 e. The van der Waals surface area contributed by atoms with E-state index in [0.717, 1.165) is 35.4 Å². The van der Waals surface area contributed by atoms with Crippen LogP contribution in [0.4, 0.5) is 0 Å². The van der Waals surface area contributed by atoms with E-state index in [4.69, 9.17) is 14.2 Å². The molecule has 30 heavy (non-hydrogen) atoms. The Kier molecular flexibility index (Phi) is 6.03. The first-order valence-electron chi connectivity index (χ1n) is 10.4. The molecule has 2 aliphatic rings. The summed E-state index contributed by atoms with van der Waals surface area (Å²) in [6, 6.07) is 7.76. The number of fused-ring (bicyclic) bond motifs is 1. The second-order valence-electron chi connectivity index (χ2n) is 7.51. The summed E-state index contributed by atoms with van der Waals surface area (Å²) in [5, 5.41) is 4.58. The van der Waals surface area contributed by atoms with E-state index in [1.54, 1.807) is 18.9 Å². The zero-order valence-corrected chi connectivity index (χ0v) is 17.4. The first-order chi connectivity index (χ1) is 14.6. The van der Waals surface area contributed by atoms with Crippen LogP contribution in [0.15, 0.2) is 24.3 Å². The molecule has 0 unspecified atom stereocenters. The molecule has 3 heterocycles. The molecule has 1 fully saturated rings. The SMILES string of the molecule is CCOC(=O)c1nn(Cc2ccc(OC)cc2)c2c1CN(C(=O)[C@@H]1CCCO1)CC2. The molecule has 1 aromatic carbocycles. The highest BCUT2D eigenvalue weighted by Gasteiger charge is 2.34. The van der Waals surface area contributed by atoms with Crippen molar-refractivity contribution >= 4 is 11.9 Å². The van der Waals surface area contributed by atoms with E-state index < -0.39 is 5.97 Å². The third-order valence-corrected chi connectivity index (χ3v) is 5.61. The molecular formula is C22H27N3O5. The maximum absolute atomic E-state index is 12.8. The highest BCUT2D eigenvalue weighted by molar-refractivity contribution is 5.90. The van der Waals surface area contributed by atoms with Crippen molar-refractivity contribution in [1.29, 1.82) is 0 Å². The number of esters is 1. The normalized spacial score (nSPS) is 18.2. The quantitative estimate of drug-likeness (QED) is 0.675. The Hall–Kier alpha value is -2.87. The van der Waals surface area contributed by atoms with Crippen molar-refractivity contribution < 1.29 is 23.8 Å². The van der Waals surface area contributed by atoms with E-state index >= 15 is 0 Å². The lowest BCUT2D eigenvalue weighted by molar-refractivity contribution is -0.141. The molecular weight excluding hydrogens is 386 g/mol. The molecule has 1 saturated heterocycles. The zero-order valence-electron chi connectivity index (χ0n) is 17.4. The van der Waals surface area contributed by atoms with Gasteiger partial charge in [0.15, 0.2) is 5.69 Å². The predicted molar refractivity (Wildman–Crippen MR) is 108 cm³/mol. The number of aromatic nitrogens is 2. The van der Waals surface area contributed by atoms with Crippen LogP contribution >= 0.6 is 0 Å². The Labute approximate surface area is 175 Å². The Morgan fingerprint density at radius 1 is 1.27 bits per heavy atom. The molecule has 0 spiro atoms. The fourth-order valence-corrected chi connectivity index (χ4v) is 4.05. The van der Waals surface area contributed by atoms with Crippen molar-refractivity contribution in [2.75, 3.05) is 26.9 Å². The Morgan fingerprint density at radius 2 is 2.07 bits per heavy atom. The van der Waals surface area contributed by atoms with Crippen LogP contribution in [0.25, 0.3) is 0 Å². The van der Waals surface area contributed by atoms with Gasteiger partial charge in [0.05, 0.1) is 20.3 Å². The van der Waals surface area contributed by atoms with Gasteiger partial charge in [0.25, 0.3) is 5.91 Å². The third kappa shape index (κ3) is 4.05. The van der Waals surface area contributed by atoms with Gasteiger partial charge in [-0.15, -0.1) is 0 Å². The summed E-state index contributed by atoms with van der Waals surface area (Å²) in [4.78, 5) is 27.2. The number of methoxy groups -OCH3 is 1. The minimum atomic E-state index is -0.450. The largest absolute Gasteiger partial charge is 0.497 e. The van der Waals surface area contributed by atoms with Crippen molar-refractivity contribution in [2.45, 2.75) is 45.4 Å². The van der Waals surface area contributed by atoms with Crippen LogP contribution in [-0.2, 0) is 33.8 Å². The fraction of sp³-hybridized carbons (Fsp3) is 0.500. The van der Waals surface area contributed by atoms with Crippen LogP contribution in [-0.4, -0.2) is 59.5 Å². The lowest BCUT2D eigenvalue weighted by atomic mass is 10.0. The second-order valence-corrected chi connectivity index (χ2v) is 7.51. The van der Waals surface area contributed by atoms with Crippen molar-refractivity contribution in [1.82, 2.24) is 14.7 Å². The van der Waals surface area contributed by atoms with Crippen LogP contribution < -0.4 is 4.74 Å². The standard InChI is InChI=1S/C22H27N3O5/c1-3-29-22(27)20-17-14-24(21(26)19-5-4-12-30-19)11-10-18(17)25(23-20)13-15-6-8-16(28-2)9-7-15/h6-9,19H,3-5,10-14H2,1-2H3/t19-/m0/s1. The van der Waals surface area contributed by atoms with Crippen molar-refractivity contribution in [3.05, 3.63) is 46.8 Å². The van der Waals surface area contributed by atoms with Gasteiger partial charge in [-0.25, -0.2) is 4.79 Å². The molecule has 1 amide bonds. The van der Waals surface area contributed by atoms with Gasteiger partial charge >= 0.3 is 5.97 Å². The van der Waals surface area contributed by atoms with Gasteiger partial charge in [-0.2, -0.15) is 5.10 Å². The number of carbonyl (C=O) groups is 2. The Morgan fingerprint density at radius 3 is 2.73 bits per heavy atom. The summed E-state index contributed by atoms with van der Waals surface area (Å²) >= 11 is 0. The summed E-state index contributed by atoms with van der Waals surface area (Å²) in [6.45, 7) is 4.14. The van der Waals surface area contributed by atoms with Gasteiger partial charge in [-0.1, -0.05) is 12.1 Å². The molecule has 0 saturated carbocycles. The zero-order chi connectivity index (χ0) is 21.1. The first kappa shape index (κ1) is 20.4. The highest BCUT2D eigenvalue weighted by atomic mass is 16.5. The number of benzene rings is 1. The summed E-state index contributed by atoms with van der Waals surface area (Å²) in [6.07, 6.45) is 1.93. The smallest absolute Gasteiger partial charge is 0.359 e. The van der Waals surface area contributed by atoms with Gasteiger partial charge in [-0.05, 0) is 37.5 Å². The van der Waals surface area contributed by atoms with Crippen LogP contribution in [0, 0.1) is 0 Å². The molecule has 2 aromatic rings. The summed E-state index contributed by atoms with van der Waals surface area (Å²) in [7, 11) is 1.63. The maximum atomic E-state index is 12.8. The lowest BCUT2D eigenvalue weighted by Gasteiger charge is -2.29. The average molecular weight is 413 g/mol. The average Bonchev–Trinajstić information content (AvgIpc) is 3.42. The van der Waals surface area contributed by atoms with Gasteiger partial charge in [0.2, 0.25) is 0 Å². The molecule has 0 radical (unpaired) electrons. The number of ether oxygens (including phenoxy) is 3. The highest BCUT2D eigenvalue weighted by Crippen LogP contribution is 2.26. The summed E-state index contributed by atoms with van der Waals surface area (Å²) < 4.78 is 17.9. The lowest BCUT2D eigenvalue weighted by Crippen LogP contribution is -2.42. The van der Waals surface area contributed by atoms with Gasteiger partial charge in [-0.3, -0.25) is 9.48 Å². The van der Waals surface area contributed by atoms with E-state index in [1.165, 1.54) is 0 Å². The maximum Gasteiger partial charge on any atom is 0.359 e. The molecule has 160 valence electrons. The number of amides is 1. The molecule has 8 heteroatoms. The van der Waals surface area contributed by atoms with Crippen LogP contribution in [0.2, 0.25) is 0 Å². The summed E-state index contributed by atoms with van der Waals surface area (Å²) in [5.74, 6) is 0.334. The predicted octanol–water partition coefficient (Wildman–Crippen LogP) is 2.18. The van der Waals surface area contributed by atoms with Gasteiger partial charge in [0.1, 0.15) is 11.9 Å². The number of nitrogens with zero attached hydrogens (tertiary/aromatic N) is 3. The number of rotatable bonds is 6. The summed E-state index contributed by atoms with van der Waals surface area (Å²) in [5.41, 5.74) is 3.10. The van der Waals surface area contributed by atoms with E-state index in [1.807, 2.05) is 28.9 Å². The second kappa shape index (κ2) is 8.87. The van der Waals surface area contributed by atoms with Crippen LogP contribution in [0.3, 0.4) is 0 Å². The van der Waals surface area contributed by atoms with E-state index in [2.05, 4.69) is 5.10 Å². The van der Waals surface area contributed by atoms with Gasteiger partial charge < -0.3 is 19.1 Å². The molecule has 4 rings (SSSR count). The third-order valence-electron chi connectivity index (χ3n) is 5.61. The van der Waals surface area contributed by atoms with Gasteiger partial charge in [0, 0.05) is 37.4 Å². The fourth-order valence-electron chi connectivity index (χ4n) is 4.05. The van der Waals surface area contributed by atoms with E-state index in [0.29, 0.717) is 38.4 Å². The van der Waals surface area contributed by atoms with Crippen LogP contribution in [0.1, 0.15) is 47.1 Å². The van der Waals surface area contributed by atoms with Crippen molar-refractivity contribution in [3.63, 3.8) is 0 Å². The monoisotopic (exact) mass is 413 g/mol. The molecule has 0 N–H and O–H groups in total. The minimum absolute atomic E-state index is 0.00383. The first-order valence-corrected chi connectivity index (χ1v) is 10.4. The molecule has 1 aromatic heterocycles. The number of carbonyl (C=O) groups excluding carboxylic acids is 2. The van der Waals surface area contributed by atoms with Crippen molar-refractivity contribution in [3.8, 4) is 5.75 Å². The van der Waals surface area contributed by atoms with E-state index in [9.17, 15) is 9.59 Å². The topological polar surface area (TPSA) is 82.9 Å². The molecule has 0 bridgehead atoms. The van der Waals surface area contributed by atoms with Crippen molar-refractivity contribution in [2.24, 2.45) is 0 Å².